The molecule has 0 aliphatic heterocycles. The molecule has 24 heavy (non-hydrogen) atoms. The van der Waals surface area contributed by atoms with E-state index >= 15 is 0 Å². The van der Waals surface area contributed by atoms with Crippen LogP contribution in [0.15, 0.2) is 60.7 Å². The Balaban J connectivity index is 1.90. The SMILES string of the molecule is CCC(=O)c1ccccc1-c1ccc(C#Cc2ccc(N)cc2)s1. The van der Waals surface area contributed by atoms with Gasteiger partial charge in [-0.05, 0) is 36.4 Å². The van der Waals surface area contributed by atoms with Crippen LogP contribution in [0.2, 0.25) is 0 Å². The molecule has 0 aliphatic rings. The lowest BCUT2D eigenvalue weighted by molar-refractivity contribution is 0.0989. The number of hydrogen-bond acceptors (Lipinski definition) is 3. The highest BCUT2D eigenvalue weighted by molar-refractivity contribution is 7.16. The minimum absolute atomic E-state index is 0.161. The molecule has 0 spiro atoms. The van der Waals surface area contributed by atoms with Gasteiger partial charge in [0.05, 0.1) is 4.88 Å². The fourth-order valence-corrected chi connectivity index (χ4v) is 3.28. The largest absolute Gasteiger partial charge is 0.399 e. The Morgan fingerprint density at radius 1 is 1.00 bits per heavy atom. The number of benzene rings is 2. The van der Waals surface area contributed by atoms with Crippen molar-refractivity contribution in [3.8, 4) is 22.3 Å². The van der Waals surface area contributed by atoms with E-state index in [0.29, 0.717) is 6.42 Å². The lowest BCUT2D eigenvalue weighted by atomic mass is 10.0. The quantitative estimate of drug-likeness (QED) is 0.417. The fraction of sp³-hybridized carbons (Fsp3) is 0.0952. The van der Waals surface area contributed by atoms with Crippen molar-refractivity contribution in [2.75, 3.05) is 5.73 Å². The topological polar surface area (TPSA) is 43.1 Å². The molecule has 0 radical (unpaired) electrons. The van der Waals surface area contributed by atoms with Crippen LogP contribution in [0.1, 0.15) is 34.1 Å². The summed E-state index contributed by atoms with van der Waals surface area (Å²) in [6, 6.07) is 19.3. The van der Waals surface area contributed by atoms with E-state index in [2.05, 4.69) is 11.8 Å². The maximum absolute atomic E-state index is 12.1. The number of carbonyl (C=O) groups excluding carboxylic acids is 1. The second-order valence-corrected chi connectivity index (χ2v) is 6.44. The van der Waals surface area contributed by atoms with E-state index in [1.807, 2.05) is 67.6 Å². The maximum Gasteiger partial charge on any atom is 0.163 e. The van der Waals surface area contributed by atoms with Crippen LogP contribution in [0, 0.1) is 11.8 Å². The molecule has 0 bridgehead atoms. The van der Waals surface area contributed by atoms with Gasteiger partial charge in [0.15, 0.2) is 5.78 Å². The van der Waals surface area contributed by atoms with E-state index in [4.69, 9.17) is 5.73 Å². The predicted molar refractivity (Wildman–Crippen MR) is 101 cm³/mol. The number of thiophene rings is 1. The molecule has 0 amide bonds. The number of carbonyl (C=O) groups is 1. The molecule has 0 saturated heterocycles. The fourth-order valence-electron chi connectivity index (χ4n) is 2.38. The predicted octanol–water partition coefficient (Wildman–Crippen LogP) is 4.99. The van der Waals surface area contributed by atoms with Gasteiger partial charge in [0.2, 0.25) is 0 Å². The molecule has 0 saturated carbocycles. The third kappa shape index (κ3) is 3.56. The Hall–Kier alpha value is -2.83. The van der Waals surface area contributed by atoms with Crippen LogP contribution in [0.25, 0.3) is 10.4 Å². The van der Waals surface area contributed by atoms with Gasteiger partial charge in [0, 0.05) is 33.7 Å². The van der Waals surface area contributed by atoms with Gasteiger partial charge in [0.25, 0.3) is 0 Å². The number of rotatable bonds is 3. The molecule has 3 aromatic rings. The maximum atomic E-state index is 12.1. The lowest BCUT2D eigenvalue weighted by Gasteiger charge is -2.05. The summed E-state index contributed by atoms with van der Waals surface area (Å²) < 4.78 is 0. The van der Waals surface area contributed by atoms with Crippen molar-refractivity contribution in [3.05, 3.63) is 76.7 Å². The first-order valence-corrected chi connectivity index (χ1v) is 8.59. The summed E-state index contributed by atoms with van der Waals surface area (Å²) in [5.41, 5.74) is 9.10. The number of hydrogen-bond donors (Lipinski definition) is 1. The summed E-state index contributed by atoms with van der Waals surface area (Å²) in [6.45, 7) is 1.89. The molecule has 3 heteroatoms. The molecule has 0 unspecified atom stereocenters. The second-order valence-electron chi connectivity index (χ2n) is 5.36. The highest BCUT2D eigenvalue weighted by Crippen LogP contribution is 2.31. The Kier molecular flexibility index (Phi) is 4.79. The molecule has 1 aromatic heterocycles. The van der Waals surface area contributed by atoms with E-state index < -0.39 is 0 Å². The molecule has 1 heterocycles. The number of nitrogen functional groups attached to an aromatic ring is 1. The third-order valence-corrected chi connectivity index (χ3v) is 4.69. The Morgan fingerprint density at radius 2 is 1.75 bits per heavy atom. The number of ketones is 1. The zero-order valence-electron chi connectivity index (χ0n) is 13.4. The first-order valence-electron chi connectivity index (χ1n) is 7.77. The van der Waals surface area contributed by atoms with Crippen LogP contribution >= 0.6 is 11.3 Å². The molecule has 3 rings (SSSR count). The van der Waals surface area contributed by atoms with Crippen molar-refractivity contribution < 1.29 is 4.79 Å². The Labute approximate surface area is 146 Å². The van der Waals surface area contributed by atoms with Crippen molar-refractivity contribution in [2.24, 2.45) is 0 Å². The molecule has 0 atom stereocenters. The molecule has 2 nitrogen and oxygen atoms in total. The van der Waals surface area contributed by atoms with Gasteiger partial charge in [-0.1, -0.05) is 43.0 Å². The van der Waals surface area contributed by atoms with Gasteiger partial charge >= 0.3 is 0 Å². The average molecular weight is 331 g/mol. The average Bonchev–Trinajstić information content (AvgIpc) is 3.09. The Bertz CT molecular complexity index is 926. The van der Waals surface area contributed by atoms with Gasteiger partial charge in [-0.25, -0.2) is 0 Å². The smallest absolute Gasteiger partial charge is 0.163 e. The first-order chi connectivity index (χ1) is 11.7. The lowest BCUT2D eigenvalue weighted by Crippen LogP contribution is -1.98. The van der Waals surface area contributed by atoms with Gasteiger partial charge < -0.3 is 5.73 Å². The highest BCUT2D eigenvalue weighted by Gasteiger charge is 2.11. The highest BCUT2D eigenvalue weighted by atomic mass is 32.1. The van der Waals surface area contributed by atoms with Crippen LogP contribution in [0.5, 0.6) is 0 Å². The van der Waals surface area contributed by atoms with E-state index in [9.17, 15) is 4.79 Å². The van der Waals surface area contributed by atoms with E-state index in [1.54, 1.807) is 11.3 Å². The minimum Gasteiger partial charge on any atom is -0.399 e. The van der Waals surface area contributed by atoms with E-state index in [1.165, 1.54) is 0 Å². The standard InChI is InChI=1S/C21H17NOS/c1-2-20(23)18-5-3-4-6-19(18)21-14-13-17(24-21)12-9-15-7-10-16(22)11-8-15/h3-8,10-11,13-14H,2,22H2,1H3. The van der Waals surface area contributed by atoms with Crippen LogP contribution in [0.4, 0.5) is 5.69 Å². The van der Waals surface area contributed by atoms with E-state index in [-0.39, 0.29) is 5.78 Å². The number of nitrogens with two attached hydrogens (primary N) is 1. The zero-order valence-corrected chi connectivity index (χ0v) is 14.2. The normalized spacial score (nSPS) is 10.0. The van der Waals surface area contributed by atoms with Crippen LogP contribution < -0.4 is 5.73 Å². The third-order valence-electron chi connectivity index (χ3n) is 3.66. The van der Waals surface area contributed by atoms with Crippen LogP contribution in [-0.4, -0.2) is 5.78 Å². The molecule has 2 N–H and O–H groups in total. The summed E-state index contributed by atoms with van der Waals surface area (Å²) in [4.78, 5) is 14.2. The minimum atomic E-state index is 0.161. The summed E-state index contributed by atoms with van der Waals surface area (Å²) in [6.07, 6.45) is 0.506. The van der Waals surface area contributed by atoms with Crippen molar-refractivity contribution in [3.63, 3.8) is 0 Å². The van der Waals surface area contributed by atoms with Gasteiger partial charge in [-0.3, -0.25) is 4.79 Å². The molecule has 0 fully saturated rings. The van der Waals surface area contributed by atoms with Crippen molar-refractivity contribution in [2.45, 2.75) is 13.3 Å². The molecule has 2 aromatic carbocycles. The number of Topliss-reactive ketones (excluding diaryl/α,β-unsaturated/α-hetero) is 1. The molecular weight excluding hydrogens is 314 g/mol. The van der Waals surface area contributed by atoms with Crippen molar-refractivity contribution in [1.82, 2.24) is 0 Å². The molecular formula is C21H17NOS. The van der Waals surface area contributed by atoms with Gasteiger partial charge in [-0.2, -0.15) is 0 Å². The van der Waals surface area contributed by atoms with Crippen LogP contribution in [0.3, 0.4) is 0 Å². The monoisotopic (exact) mass is 331 g/mol. The summed E-state index contributed by atoms with van der Waals surface area (Å²) >= 11 is 1.60. The summed E-state index contributed by atoms with van der Waals surface area (Å²) in [5, 5.41) is 0. The molecule has 0 aliphatic carbocycles. The first kappa shape index (κ1) is 16.0. The van der Waals surface area contributed by atoms with Gasteiger partial charge in [-0.15, -0.1) is 11.3 Å². The van der Waals surface area contributed by atoms with E-state index in [0.717, 1.165) is 32.1 Å². The summed E-state index contributed by atoms with van der Waals surface area (Å²) in [7, 11) is 0. The zero-order chi connectivity index (χ0) is 16.9. The second kappa shape index (κ2) is 7.16. The summed E-state index contributed by atoms with van der Waals surface area (Å²) in [5.74, 6) is 6.48. The molecule has 118 valence electrons. The van der Waals surface area contributed by atoms with Crippen molar-refractivity contribution >= 4 is 22.8 Å². The van der Waals surface area contributed by atoms with Gasteiger partial charge in [0.1, 0.15) is 0 Å². The number of anilines is 1. The van der Waals surface area contributed by atoms with Crippen LogP contribution in [-0.2, 0) is 0 Å². The van der Waals surface area contributed by atoms with Crippen molar-refractivity contribution in [1.29, 1.82) is 0 Å². The Morgan fingerprint density at radius 3 is 2.50 bits per heavy atom.